The van der Waals surface area contributed by atoms with Gasteiger partial charge in [0.2, 0.25) is 0 Å². The second kappa shape index (κ2) is 4.98. The summed E-state index contributed by atoms with van der Waals surface area (Å²) in [5.41, 5.74) is 7.68. The summed E-state index contributed by atoms with van der Waals surface area (Å²) >= 11 is 7.44. The van der Waals surface area contributed by atoms with Crippen LogP contribution in [0.15, 0.2) is 12.1 Å². The summed E-state index contributed by atoms with van der Waals surface area (Å²) in [6.45, 7) is 2.76. The number of halogens is 1. The van der Waals surface area contributed by atoms with E-state index >= 15 is 0 Å². The minimum absolute atomic E-state index is 0.713. The van der Waals surface area contributed by atoms with Crippen LogP contribution in [-0.2, 0) is 20.0 Å². The van der Waals surface area contributed by atoms with E-state index < -0.39 is 0 Å². The zero-order valence-corrected chi connectivity index (χ0v) is 11.4. The molecule has 0 atom stereocenters. The van der Waals surface area contributed by atoms with Gasteiger partial charge in [-0.25, -0.2) is 0 Å². The molecule has 0 radical (unpaired) electrons. The normalized spacial score (nSPS) is 10.8. The van der Waals surface area contributed by atoms with Gasteiger partial charge in [-0.3, -0.25) is 4.68 Å². The molecule has 2 heterocycles. The largest absolute Gasteiger partial charge is 0.394 e. The van der Waals surface area contributed by atoms with Gasteiger partial charge in [-0.05, 0) is 18.6 Å². The van der Waals surface area contributed by atoms with Crippen molar-refractivity contribution in [2.24, 2.45) is 7.05 Å². The molecule has 2 aromatic heterocycles. The Hall–Kier alpha value is -1.20. The third-order valence-electron chi connectivity index (χ3n) is 2.55. The summed E-state index contributed by atoms with van der Waals surface area (Å²) in [6.07, 6.45) is 0.839. The van der Waals surface area contributed by atoms with Crippen molar-refractivity contribution >= 4 is 34.4 Å². The molecule has 0 bridgehead atoms. The fourth-order valence-electron chi connectivity index (χ4n) is 1.68. The summed E-state index contributed by atoms with van der Waals surface area (Å²) in [7, 11) is 1.89. The Morgan fingerprint density at radius 2 is 2.29 bits per heavy atom. The van der Waals surface area contributed by atoms with Gasteiger partial charge in [0.15, 0.2) is 0 Å². The Kier molecular flexibility index (Phi) is 3.59. The van der Waals surface area contributed by atoms with Crippen LogP contribution in [0.25, 0.3) is 0 Å². The van der Waals surface area contributed by atoms with Crippen LogP contribution >= 0.6 is 22.9 Å². The van der Waals surface area contributed by atoms with Crippen molar-refractivity contribution in [3.63, 3.8) is 0 Å². The van der Waals surface area contributed by atoms with Crippen molar-refractivity contribution in [2.75, 3.05) is 11.1 Å². The first-order chi connectivity index (χ1) is 8.11. The highest BCUT2D eigenvalue weighted by Crippen LogP contribution is 2.25. The highest BCUT2D eigenvalue weighted by Gasteiger charge is 2.11. The smallest absolute Gasteiger partial charge is 0.148 e. The lowest BCUT2D eigenvalue weighted by atomic mass is 10.3. The number of nitrogen functional groups attached to an aromatic ring is 1. The predicted molar refractivity (Wildman–Crippen MR) is 73.7 cm³/mol. The topological polar surface area (TPSA) is 55.9 Å². The molecule has 0 aliphatic rings. The van der Waals surface area contributed by atoms with E-state index in [1.54, 1.807) is 16.0 Å². The summed E-state index contributed by atoms with van der Waals surface area (Å²) in [6, 6.07) is 3.90. The van der Waals surface area contributed by atoms with Gasteiger partial charge in [0.25, 0.3) is 0 Å². The molecule has 2 rings (SSSR count). The maximum absolute atomic E-state index is 6.02. The van der Waals surface area contributed by atoms with E-state index in [0.29, 0.717) is 6.54 Å². The number of nitrogens with zero attached hydrogens (tertiary/aromatic N) is 2. The number of nitrogens with one attached hydrogen (secondary N) is 1. The lowest BCUT2D eigenvalue weighted by Crippen LogP contribution is -2.05. The quantitative estimate of drug-likeness (QED) is 0.898. The van der Waals surface area contributed by atoms with Crippen LogP contribution < -0.4 is 11.1 Å². The maximum atomic E-state index is 6.02. The van der Waals surface area contributed by atoms with E-state index in [9.17, 15) is 0 Å². The summed E-state index contributed by atoms with van der Waals surface area (Å²) < 4.78 is 2.58. The van der Waals surface area contributed by atoms with Crippen LogP contribution in [-0.4, -0.2) is 9.78 Å². The van der Waals surface area contributed by atoms with Crippen molar-refractivity contribution in [1.82, 2.24) is 9.78 Å². The number of nitrogens with two attached hydrogens (primary N) is 1. The zero-order valence-electron chi connectivity index (χ0n) is 9.83. The van der Waals surface area contributed by atoms with E-state index in [1.165, 1.54) is 4.88 Å². The minimum Gasteiger partial charge on any atom is -0.394 e. The molecule has 6 heteroatoms. The first-order valence-corrected chi connectivity index (χ1v) is 6.60. The SMILES string of the molecule is CCc1nn(C)c(NCc2ccc(Cl)s2)c1N. The highest BCUT2D eigenvalue weighted by molar-refractivity contribution is 7.16. The fourth-order valence-corrected chi connectivity index (χ4v) is 2.71. The molecule has 2 aromatic rings. The molecule has 0 amide bonds. The number of rotatable bonds is 4. The predicted octanol–water partition coefficient (Wildman–Crippen LogP) is 2.89. The molecule has 4 nitrogen and oxygen atoms in total. The second-order valence-corrected chi connectivity index (χ2v) is 5.55. The zero-order chi connectivity index (χ0) is 12.4. The van der Waals surface area contributed by atoms with Gasteiger partial charge in [-0.1, -0.05) is 18.5 Å². The number of anilines is 2. The van der Waals surface area contributed by atoms with E-state index in [2.05, 4.69) is 10.4 Å². The van der Waals surface area contributed by atoms with Gasteiger partial charge in [0, 0.05) is 11.9 Å². The summed E-state index contributed by atoms with van der Waals surface area (Å²) in [4.78, 5) is 1.17. The van der Waals surface area contributed by atoms with Crippen LogP contribution in [0.4, 0.5) is 11.5 Å². The van der Waals surface area contributed by atoms with Gasteiger partial charge in [-0.15, -0.1) is 11.3 Å². The van der Waals surface area contributed by atoms with Crippen molar-refractivity contribution in [3.8, 4) is 0 Å². The molecule has 0 unspecified atom stereocenters. The molecule has 3 N–H and O–H groups in total. The van der Waals surface area contributed by atoms with Crippen molar-refractivity contribution in [1.29, 1.82) is 0 Å². The minimum atomic E-state index is 0.713. The molecule has 0 aliphatic heterocycles. The standard InChI is InChI=1S/C11H15ClN4S/c1-3-8-10(13)11(16(2)15-8)14-6-7-4-5-9(12)17-7/h4-5,14H,3,6,13H2,1-2H3. The van der Waals surface area contributed by atoms with Crippen LogP contribution in [0.5, 0.6) is 0 Å². The molecule has 0 aliphatic carbocycles. The molecule has 0 spiro atoms. The monoisotopic (exact) mass is 270 g/mol. The molecule has 17 heavy (non-hydrogen) atoms. The number of aromatic nitrogens is 2. The van der Waals surface area contributed by atoms with E-state index in [4.69, 9.17) is 17.3 Å². The first kappa shape index (κ1) is 12.3. The first-order valence-electron chi connectivity index (χ1n) is 5.41. The summed E-state index contributed by atoms with van der Waals surface area (Å²) in [5, 5.41) is 7.65. The van der Waals surface area contributed by atoms with E-state index in [0.717, 1.165) is 28.0 Å². The average molecular weight is 271 g/mol. The molecule has 0 saturated carbocycles. The van der Waals surface area contributed by atoms with Gasteiger partial charge < -0.3 is 11.1 Å². The molecule has 92 valence electrons. The number of aryl methyl sites for hydroxylation is 2. The Labute approximate surface area is 109 Å². The van der Waals surface area contributed by atoms with Crippen LogP contribution in [0.1, 0.15) is 17.5 Å². The summed E-state index contributed by atoms with van der Waals surface area (Å²) in [5.74, 6) is 0.867. The van der Waals surface area contributed by atoms with Crippen molar-refractivity contribution < 1.29 is 0 Å². The third kappa shape index (κ3) is 2.56. The maximum Gasteiger partial charge on any atom is 0.148 e. The Morgan fingerprint density at radius 3 is 2.82 bits per heavy atom. The number of hydrogen-bond acceptors (Lipinski definition) is 4. The number of thiophene rings is 1. The molecular formula is C11H15ClN4S. The molecule has 0 saturated heterocycles. The second-order valence-electron chi connectivity index (χ2n) is 3.75. The van der Waals surface area contributed by atoms with Gasteiger partial charge in [-0.2, -0.15) is 5.10 Å². The Bertz CT molecular complexity index is 518. The van der Waals surface area contributed by atoms with Gasteiger partial charge in [0.1, 0.15) is 5.82 Å². The molecule has 0 fully saturated rings. The van der Waals surface area contributed by atoms with Crippen LogP contribution in [0, 0.1) is 0 Å². The lowest BCUT2D eigenvalue weighted by molar-refractivity contribution is 0.748. The van der Waals surface area contributed by atoms with Crippen molar-refractivity contribution in [2.45, 2.75) is 19.9 Å². The molecule has 0 aromatic carbocycles. The molecular weight excluding hydrogens is 256 g/mol. The Morgan fingerprint density at radius 1 is 1.53 bits per heavy atom. The van der Waals surface area contributed by atoms with Gasteiger partial charge >= 0.3 is 0 Å². The van der Waals surface area contributed by atoms with Gasteiger partial charge in [0.05, 0.1) is 22.3 Å². The Balaban J connectivity index is 2.11. The fraction of sp³-hybridized carbons (Fsp3) is 0.364. The van der Waals surface area contributed by atoms with Crippen molar-refractivity contribution in [3.05, 3.63) is 27.0 Å². The highest BCUT2D eigenvalue weighted by atomic mass is 35.5. The average Bonchev–Trinajstić information content (AvgIpc) is 2.82. The third-order valence-corrected chi connectivity index (χ3v) is 3.79. The van der Waals surface area contributed by atoms with E-state index in [-0.39, 0.29) is 0 Å². The number of hydrogen-bond donors (Lipinski definition) is 2. The lowest BCUT2D eigenvalue weighted by Gasteiger charge is -2.05. The van der Waals surface area contributed by atoms with E-state index in [1.807, 2.05) is 26.1 Å². The van der Waals surface area contributed by atoms with Crippen LogP contribution in [0.2, 0.25) is 4.34 Å². The van der Waals surface area contributed by atoms with Crippen LogP contribution in [0.3, 0.4) is 0 Å².